The van der Waals surface area contributed by atoms with Gasteiger partial charge in [0.25, 0.3) is 0 Å². The third kappa shape index (κ3) is 5.54. The van der Waals surface area contributed by atoms with E-state index in [1.54, 1.807) is 18.2 Å². The summed E-state index contributed by atoms with van der Waals surface area (Å²) in [5, 5.41) is 2.73. The first-order valence-electron chi connectivity index (χ1n) is 10.1. The molecule has 0 aromatic heterocycles. The molecule has 0 radical (unpaired) electrons. The van der Waals surface area contributed by atoms with Crippen LogP contribution in [0.15, 0.2) is 47.4 Å². The van der Waals surface area contributed by atoms with Crippen molar-refractivity contribution in [2.75, 3.05) is 26.1 Å². The van der Waals surface area contributed by atoms with Gasteiger partial charge in [-0.1, -0.05) is 19.3 Å². The Morgan fingerprint density at radius 3 is 2.35 bits per heavy atom. The van der Waals surface area contributed by atoms with E-state index in [0.717, 1.165) is 31.4 Å². The number of sulfonamides is 1. The highest BCUT2D eigenvalue weighted by molar-refractivity contribution is 7.89. The van der Waals surface area contributed by atoms with Gasteiger partial charge < -0.3 is 14.8 Å². The van der Waals surface area contributed by atoms with E-state index in [1.807, 2.05) is 0 Å². The molecule has 0 unspecified atom stereocenters. The Balaban J connectivity index is 1.85. The molecule has 1 aliphatic rings. The van der Waals surface area contributed by atoms with Gasteiger partial charge in [0.15, 0.2) is 0 Å². The van der Waals surface area contributed by atoms with Gasteiger partial charge >= 0.3 is 0 Å². The Labute approximate surface area is 182 Å². The Hall–Kier alpha value is -2.65. The summed E-state index contributed by atoms with van der Waals surface area (Å²) in [5.41, 5.74) is 0.413. The number of nitrogens with one attached hydrogen (secondary N) is 1. The topological polar surface area (TPSA) is 84.9 Å². The fraction of sp³-hybridized carbons (Fsp3) is 0.409. The first-order chi connectivity index (χ1) is 14.8. The second kappa shape index (κ2) is 10.1. The molecule has 0 aliphatic heterocycles. The van der Waals surface area contributed by atoms with Gasteiger partial charge in [-0.15, -0.1) is 0 Å². The van der Waals surface area contributed by atoms with Gasteiger partial charge in [-0.05, 0) is 49.2 Å². The van der Waals surface area contributed by atoms with Gasteiger partial charge in [0.1, 0.15) is 17.3 Å². The molecule has 1 fully saturated rings. The summed E-state index contributed by atoms with van der Waals surface area (Å²) in [7, 11) is -0.983. The number of anilines is 1. The van der Waals surface area contributed by atoms with E-state index in [4.69, 9.17) is 9.47 Å². The predicted octanol–water partition coefficient (Wildman–Crippen LogP) is 3.81. The van der Waals surface area contributed by atoms with Crippen LogP contribution in [0.2, 0.25) is 0 Å². The Bertz CT molecular complexity index is 1010. The number of hydrogen-bond donors (Lipinski definition) is 1. The third-order valence-corrected chi connectivity index (χ3v) is 7.30. The van der Waals surface area contributed by atoms with Crippen LogP contribution in [0.25, 0.3) is 0 Å². The van der Waals surface area contributed by atoms with Crippen LogP contribution in [0.3, 0.4) is 0 Å². The molecule has 0 atom stereocenters. The van der Waals surface area contributed by atoms with Gasteiger partial charge in [0.2, 0.25) is 15.9 Å². The molecule has 7 nitrogen and oxygen atoms in total. The molecule has 9 heteroatoms. The van der Waals surface area contributed by atoms with Crippen molar-refractivity contribution in [2.24, 2.45) is 0 Å². The van der Waals surface area contributed by atoms with Crippen LogP contribution in [0.4, 0.5) is 10.1 Å². The van der Waals surface area contributed by atoms with Crippen molar-refractivity contribution in [1.29, 1.82) is 0 Å². The van der Waals surface area contributed by atoms with Gasteiger partial charge in [0, 0.05) is 12.1 Å². The van der Waals surface area contributed by atoms with Gasteiger partial charge in [-0.3, -0.25) is 4.79 Å². The molecule has 168 valence electrons. The minimum absolute atomic E-state index is 0.0331. The minimum atomic E-state index is -3.98. The van der Waals surface area contributed by atoms with Crippen molar-refractivity contribution in [3.63, 3.8) is 0 Å². The van der Waals surface area contributed by atoms with Crippen molar-refractivity contribution in [3.8, 4) is 11.5 Å². The van der Waals surface area contributed by atoms with Crippen LogP contribution < -0.4 is 14.8 Å². The fourth-order valence-corrected chi connectivity index (χ4v) is 5.40. The number of rotatable bonds is 8. The highest BCUT2D eigenvalue weighted by Gasteiger charge is 2.34. The first-order valence-corrected chi connectivity index (χ1v) is 11.6. The second-order valence-electron chi connectivity index (χ2n) is 7.41. The van der Waals surface area contributed by atoms with E-state index < -0.39 is 21.7 Å². The maximum absolute atomic E-state index is 13.3. The van der Waals surface area contributed by atoms with Crippen molar-refractivity contribution < 1.29 is 27.1 Å². The van der Waals surface area contributed by atoms with Crippen LogP contribution >= 0.6 is 0 Å². The summed E-state index contributed by atoms with van der Waals surface area (Å²) in [4.78, 5) is 12.8. The summed E-state index contributed by atoms with van der Waals surface area (Å²) in [6.45, 7) is -0.348. The zero-order valence-electron chi connectivity index (χ0n) is 17.6. The number of methoxy groups -OCH3 is 2. The molecular formula is C22H27FN2O5S. The largest absolute Gasteiger partial charge is 0.497 e. The standard InChI is InChI=1S/C22H27FN2O5S/c1-29-18-10-13-20(21(14-18)30-2)24-22(26)15-25(17-6-4-3-5-7-17)31(27,28)19-11-8-16(23)9-12-19/h8-14,17H,3-7,15H2,1-2H3,(H,24,26). The maximum Gasteiger partial charge on any atom is 0.243 e. The quantitative estimate of drug-likeness (QED) is 0.661. The molecule has 0 spiro atoms. The molecule has 31 heavy (non-hydrogen) atoms. The van der Waals surface area contributed by atoms with Gasteiger partial charge in [-0.25, -0.2) is 12.8 Å². The molecule has 2 aromatic carbocycles. The zero-order valence-corrected chi connectivity index (χ0v) is 18.5. The van der Waals surface area contributed by atoms with Crippen molar-refractivity contribution >= 4 is 21.6 Å². The number of benzene rings is 2. The lowest BCUT2D eigenvalue weighted by Gasteiger charge is -2.33. The minimum Gasteiger partial charge on any atom is -0.497 e. The molecule has 2 aromatic rings. The number of halogens is 1. The fourth-order valence-electron chi connectivity index (χ4n) is 3.75. The third-order valence-electron chi connectivity index (χ3n) is 5.38. The molecule has 1 amide bonds. The maximum atomic E-state index is 13.3. The monoisotopic (exact) mass is 450 g/mol. The summed E-state index contributed by atoms with van der Waals surface area (Å²) < 4.78 is 51.6. The number of ether oxygens (including phenoxy) is 2. The molecule has 1 N–H and O–H groups in total. The lowest BCUT2D eigenvalue weighted by Crippen LogP contribution is -2.45. The van der Waals surface area contributed by atoms with Crippen molar-refractivity contribution in [3.05, 3.63) is 48.3 Å². The van der Waals surface area contributed by atoms with Crippen LogP contribution in [0, 0.1) is 5.82 Å². The molecule has 0 heterocycles. The Kier molecular flexibility index (Phi) is 7.50. The number of nitrogens with zero attached hydrogens (tertiary/aromatic N) is 1. The smallest absolute Gasteiger partial charge is 0.243 e. The molecule has 1 saturated carbocycles. The van der Waals surface area contributed by atoms with E-state index in [1.165, 1.54) is 30.7 Å². The Morgan fingerprint density at radius 1 is 1.06 bits per heavy atom. The van der Waals surface area contributed by atoms with Crippen molar-refractivity contribution in [2.45, 2.75) is 43.0 Å². The van der Waals surface area contributed by atoms with Gasteiger partial charge in [0.05, 0.1) is 31.3 Å². The van der Waals surface area contributed by atoms with E-state index in [-0.39, 0.29) is 17.5 Å². The predicted molar refractivity (Wildman–Crippen MR) is 115 cm³/mol. The average molecular weight is 451 g/mol. The second-order valence-corrected chi connectivity index (χ2v) is 9.30. The molecule has 0 bridgehead atoms. The lowest BCUT2D eigenvalue weighted by atomic mass is 9.95. The molecule has 1 aliphatic carbocycles. The van der Waals surface area contributed by atoms with E-state index >= 15 is 0 Å². The first kappa shape index (κ1) is 23.0. The summed E-state index contributed by atoms with van der Waals surface area (Å²) in [5.74, 6) is -0.0388. The number of hydrogen-bond acceptors (Lipinski definition) is 5. The average Bonchev–Trinajstić information content (AvgIpc) is 2.78. The summed E-state index contributed by atoms with van der Waals surface area (Å²) >= 11 is 0. The SMILES string of the molecule is COc1ccc(NC(=O)CN(C2CCCCC2)S(=O)(=O)c2ccc(F)cc2)c(OC)c1. The Morgan fingerprint density at radius 2 is 1.74 bits per heavy atom. The van der Waals surface area contributed by atoms with Crippen LogP contribution in [0.5, 0.6) is 11.5 Å². The highest BCUT2D eigenvalue weighted by Crippen LogP contribution is 2.30. The molecular weight excluding hydrogens is 423 g/mol. The lowest BCUT2D eigenvalue weighted by molar-refractivity contribution is -0.116. The number of carbonyl (C=O) groups is 1. The molecule has 0 saturated heterocycles. The summed E-state index contributed by atoms with van der Waals surface area (Å²) in [6.07, 6.45) is 4.19. The van der Waals surface area contributed by atoms with E-state index in [9.17, 15) is 17.6 Å². The van der Waals surface area contributed by atoms with Crippen LogP contribution in [0.1, 0.15) is 32.1 Å². The summed E-state index contributed by atoms with van der Waals surface area (Å²) in [6, 6.07) is 9.32. The highest BCUT2D eigenvalue weighted by atomic mass is 32.2. The van der Waals surface area contributed by atoms with Crippen LogP contribution in [-0.2, 0) is 14.8 Å². The normalized spacial score (nSPS) is 15.0. The molecule has 3 rings (SSSR count). The van der Waals surface area contributed by atoms with Crippen molar-refractivity contribution in [1.82, 2.24) is 4.31 Å². The number of carbonyl (C=O) groups excluding carboxylic acids is 1. The van der Waals surface area contributed by atoms with Crippen LogP contribution in [-0.4, -0.2) is 45.4 Å². The number of amides is 1. The van der Waals surface area contributed by atoms with E-state index in [0.29, 0.717) is 30.0 Å². The van der Waals surface area contributed by atoms with E-state index in [2.05, 4.69) is 5.32 Å². The zero-order chi connectivity index (χ0) is 22.4. The van der Waals surface area contributed by atoms with Gasteiger partial charge in [-0.2, -0.15) is 4.31 Å².